The highest BCUT2D eigenvalue weighted by Gasteiger charge is 2.16. The van der Waals surface area contributed by atoms with Gasteiger partial charge in [-0.15, -0.1) is 0 Å². The average molecular weight is 284 g/mol. The van der Waals surface area contributed by atoms with E-state index in [0.29, 0.717) is 4.83 Å². The Morgan fingerprint density at radius 2 is 2.38 bits per heavy atom. The van der Waals surface area contributed by atoms with E-state index in [2.05, 4.69) is 28.2 Å². The number of fused-ring (bicyclic) bond motifs is 1. The molecular weight excluding hydrogens is 270 g/mol. The van der Waals surface area contributed by atoms with Gasteiger partial charge in [0, 0.05) is 4.83 Å². The monoisotopic (exact) mass is 283 g/mol. The minimum atomic E-state index is -0.0875. The van der Waals surface area contributed by atoms with Crippen LogP contribution in [-0.4, -0.2) is 17.3 Å². The molecule has 1 aromatic carbocycles. The molecule has 1 N–H and O–H groups in total. The van der Waals surface area contributed by atoms with Gasteiger partial charge < -0.3 is 10.1 Å². The van der Waals surface area contributed by atoms with Crippen LogP contribution in [0.15, 0.2) is 18.2 Å². The Hall–Kier alpha value is -1.03. The SMILES string of the molecule is CCC(Br)Cc1ccc2c(c1)NC(=O)CO2. The van der Waals surface area contributed by atoms with Crippen molar-refractivity contribution < 1.29 is 9.53 Å². The topological polar surface area (TPSA) is 38.3 Å². The van der Waals surface area contributed by atoms with Crippen LogP contribution in [0.5, 0.6) is 5.75 Å². The fraction of sp³-hybridized carbons (Fsp3) is 0.417. The van der Waals surface area contributed by atoms with Crippen molar-refractivity contribution in [2.75, 3.05) is 11.9 Å². The summed E-state index contributed by atoms with van der Waals surface area (Å²) in [6.07, 6.45) is 2.04. The third-order valence-electron chi connectivity index (χ3n) is 2.58. The van der Waals surface area contributed by atoms with Gasteiger partial charge in [-0.05, 0) is 30.5 Å². The predicted octanol–water partition coefficient (Wildman–Crippen LogP) is 2.73. The van der Waals surface area contributed by atoms with Crippen LogP contribution in [0.2, 0.25) is 0 Å². The molecule has 4 heteroatoms. The molecule has 0 aromatic heterocycles. The zero-order valence-electron chi connectivity index (χ0n) is 9.13. The number of carbonyl (C=O) groups excluding carboxylic acids is 1. The van der Waals surface area contributed by atoms with Crippen molar-refractivity contribution in [3.63, 3.8) is 0 Å². The second-order valence-electron chi connectivity index (χ2n) is 3.88. The second kappa shape index (κ2) is 4.87. The summed E-state index contributed by atoms with van der Waals surface area (Å²) in [5.74, 6) is 0.668. The summed E-state index contributed by atoms with van der Waals surface area (Å²) < 4.78 is 5.30. The van der Waals surface area contributed by atoms with E-state index in [9.17, 15) is 4.79 Å². The summed E-state index contributed by atoms with van der Waals surface area (Å²) in [6.45, 7) is 2.26. The maximum Gasteiger partial charge on any atom is 0.262 e. The largest absolute Gasteiger partial charge is 0.482 e. The smallest absolute Gasteiger partial charge is 0.262 e. The third kappa shape index (κ3) is 2.55. The number of hydrogen-bond donors (Lipinski definition) is 1. The molecule has 0 bridgehead atoms. The maximum absolute atomic E-state index is 11.2. The van der Waals surface area contributed by atoms with Gasteiger partial charge in [-0.3, -0.25) is 4.79 Å². The van der Waals surface area contributed by atoms with E-state index in [1.54, 1.807) is 0 Å². The van der Waals surface area contributed by atoms with Crippen molar-refractivity contribution in [2.24, 2.45) is 0 Å². The van der Waals surface area contributed by atoms with Crippen molar-refractivity contribution >= 4 is 27.5 Å². The molecule has 3 nitrogen and oxygen atoms in total. The van der Waals surface area contributed by atoms with Crippen molar-refractivity contribution in [3.05, 3.63) is 23.8 Å². The lowest BCUT2D eigenvalue weighted by Gasteiger charge is -2.19. The number of hydrogen-bond acceptors (Lipinski definition) is 2. The van der Waals surface area contributed by atoms with Crippen molar-refractivity contribution in [3.8, 4) is 5.75 Å². The molecule has 1 aliphatic rings. The number of ether oxygens (including phenoxy) is 1. The Labute approximate surface area is 103 Å². The van der Waals surface area contributed by atoms with E-state index in [4.69, 9.17) is 4.74 Å². The molecule has 2 rings (SSSR count). The lowest BCUT2D eigenvalue weighted by atomic mass is 10.1. The molecule has 0 saturated carbocycles. The number of alkyl halides is 1. The molecular formula is C12H14BrNO2. The fourth-order valence-corrected chi connectivity index (χ4v) is 2.03. The van der Waals surface area contributed by atoms with Gasteiger partial charge in [0.05, 0.1) is 5.69 Å². The molecule has 0 fully saturated rings. The Kier molecular flexibility index (Phi) is 3.49. The molecule has 1 heterocycles. The van der Waals surface area contributed by atoms with Gasteiger partial charge in [0.15, 0.2) is 6.61 Å². The summed E-state index contributed by atoms with van der Waals surface area (Å²) in [4.78, 5) is 11.6. The molecule has 1 amide bonds. The lowest BCUT2D eigenvalue weighted by Crippen LogP contribution is -2.25. The number of anilines is 1. The van der Waals surface area contributed by atoms with Gasteiger partial charge in [0.1, 0.15) is 5.75 Å². The molecule has 1 aromatic rings. The molecule has 0 saturated heterocycles. The van der Waals surface area contributed by atoms with E-state index >= 15 is 0 Å². The van der Waals surface area contributed by atoms with E-state index in [-0.39, 0.29) is 12.5 Å². The molecule has 86 valence electrons. The molecule has 1 aliphatic heterocycles. The average Bonchev–Trinajstić information content (AvgIpc) is 2.28. The number of carbonyl (C=O) groups is 1. The van der Waals surface area contributed by atoms with Crippen LogP contribution in [0.25, 0.3) is 0 Å². The summed E-state index contributed by atoms with van der Waals surface area (Å²) in [7, 11) is 0. The second-order valence-corrected chi connectivity index (χ2v) is 5.17. The number of amides is 1. The van der Waals surface area contributed by atoms with E-state index in [1.807, 2.05) is 18.2 Å². The van der Waals surface area contributed by atoms with E-state index in [1.165, 1.54) is 5.56 Å². The molecule has 0 aliphatic carbocycles. The zero-order valence-corrected chi connectivity index (χ0v) is 10.7. The van der Waals surface area contributed by atoms with Crippen LogP contribution in [0, 0.1) is 0 Å². The van der Waals surface area contributed by atoms with Gasteiger partial charge >= 0.3 is 0 Å². The first-order valence-electron chi connectivity index (χ1n) is 5.38. The van der Waals surface area contributed by atoms with Crippen LogP contribution < -0.4 is 10.1 Å². The zero-order chi connectivity index (χ0) is 11.5. The highest BCUT2D eigenvalue weighted by atomic mass is 79.9. The number of rotatable bonds is 3. The first-order valence-corrected chi connectivity index (χ1v) is 6.30. The van der Waals surface area contributed by atoms with Crippen LogP contribution in [-0.2, 0) is 11.2 Å². The van der Waals surface area contributed by atoms with Gasteiger partial charge in [0.25, 0.3) is 5.91 Å². The first-order chi connectivity index (χ1) is 7.69. The lowest BCUT2D eigenvalue weighted by molar-refractivity contribution is -0.118. The van der Waals surface area contributed by atoms with E-state index < -0.39 is 0 Å². The Balaban J connectivity index is 2.18. The standard InChI is InChI=1S/C12H14BrNO2/c1-2-9(13)5-8-3-4-11-10(6-8)14-12(15)7-16-11/h3-4,6,9H,2,5,7H2,1H3,(H,14,15). The van der Waals surface area contributed by atoms with Crippen LogP contribution in [0.3, 0.4) is 0 Å². The minimum absolute atomic E-state index is 0.0875. The molecule has 0 radical (unpaired) electrons. The van der Waals surface area contributed by atoms with Gasteiger partial charge in [-0.1, -0.05) is 28.9 Å². The van der Waals surface area contributed by atoms with E-state index in [0.717, 1.165) is 24.3 Å². The normalized spacial score (nSPS) is 16.0. The van der Waals surface area contributed by atoms with Gasteiger partial charge in [0.2, 0.25) is 0 Å². The number of benzene rings is 1. The molecule has 0 spiro atoms. The maximum atomic E-state index is 11.2. The third-order valence-corrected chi connectivity index (χ3v) is 3.55. The Bertz CT molecular complexity index is 406. The molecule has 1 unspecified atom stereocenters. The Morgan fingerprint density at radius 3 is 3.12 bits per heavy atom. The highest BCUT2D eigenvalue weighted by molar-refractivity contribution is 9.09. The summed E-state index contributed by atoms with van der Waals surface area (Å²) in [5, 5.41) is 2.81. The molecule has 16 heavy (non-hydrogen) atoms. The van der Waals surface area contributed by atoms with Crippen molar-refractivity contribution in [1.82, 2.24) is 0 Å². The molecule has 1 atom stereocenters. The van der Waals surface area contributed by atoms with Gasteiger partial charge in [-0.2, -0.15) is 0 Å². The van der Waals surface area contributed by atoms with Gasteiger partial charge in [-0.25, -0.2) is 0 Å². The van der Waals surface area contributed by atoms with Crippen LogP contribution in [0.1, 0.15) is 18.9 Å². The first kappa shape index (κ1) is 11.5. The Morgan fingerprint density at radius 1 is 1.56 bits per heavy atom. The minimum Gasteiger partial charge on any atom is -0.482 e. The van der Waals surface area contributed by atoms with Crippen LogP contribution in [0.4, 0.5) is 5.69 Å². The number of halogens is 1. The highest BCUT2D eigenvalue weighted by Crippen LogP contribution is 2.29. The van der Waals surface area contributed by atoms with Crippen molar-refractivity contribution in [2.45, 2.75) is 24.6 Å². The predicted molar refractivity (Wildman–Crippen MR) is 67.3 cm³/mol. The fourth-order valence-electron chi connectivity index (χ4n) is 1.66. The van der Waals surface area contributed by atoms with Crippen molar-refractivity contribution in [1.29, 1.82) is 0 Å². The summed E-state index contributed by atoms with van der Waals surface area (Å²) in [5.41, 5.74) is 1.98. The summed E-state index contributed by atoms with van der Waals surface area (Å²) in [6, 6.07) is 5.94. The summed E-state index contributed by atoms with van der Waals surface area (Å²) >= 11 is 3.60. The van der Waals surface area contributed by atoms with Crippen LogP contribution >= 0.6 is 15.9 Å². The number of nitrogens with one attached hydrogen (secondary N) is 1. The quantitative estimate of drug-likeness (QED) is 0.867.